The number of amides is 1. The summed E-state index contributed by atoms with van der Waals surface area (Å²) in [6.07, 6.45) is 1.68. The molecule has 0 spiro atoms. The van der Waals surface area contributed by atoms with Gasteiger partial charge in [-0.25, -0.2) is 4.68 Å². The molecule has 1 N–H and O–H groups in total. The van der Waals surface area contributed by atoms with Crippen molar-refractivity contribution < 1.29 is 4.79 Å². The molecule has 0 saturated carbocycles. The molecule has 1 aromatic heterocycles. The monoisotopic (exact) mass is 408 g/mol. The topological polar surface area (TPSA) is 59.8 Å². The van der Waals surface area contributed by atoms with Gasteiger partial charge in [0.1, 0.15) is 0 Å². The summed E-state index contributed by atoms with van der Waals surface area (Å²) in [7, 11) is 0. The van der Waals surface area contributed by atoms with Gasteiger partial charge < -0.3 is 5.32 Å². The third-order valence-electron chi connectivity index (χ3n) is 4.19. The van der Waals surface area contributed by atoms with E-state index in [1.54, 1.807) is 35.1 Å². The zero-order valence-corrected chi connectivity index (χ0v) is 16.0. The fourth-order valence-electron chi connectivity index (χ4n) is 2.75. The van der Waals surface area contributed by atoms with Crippen molar-refractivity contribution in [3.8, 4) is 16.9 Å². The van der Waals surface area contributed by atoms with Crippen molar-refractivity contribution in [3.05, 3.63) is 94.6 Å². The van der Waals surface area contributed by atoms with Gasteiger partial charge in [0.2, 0.25) is 0 Å². The van der Waals surface area contributed by atoms with Crippen LogP contribution in [0.1, 0.15) is 10.4 Å². The Labute approximate surface area is 171 Å². The molecule has 138 valence electrons. The lowest BCUT2D eigenvalue weighted by Crippen LogP contribution is -2.12. The highest BCUT2D eigenvalue weighted by Gasteiger charge is 2.11. The third kappa shape index (κ3) is 3.76. The minimum atomic E-state index is -0.240. The van der Waals surface area contributed by atoms with Crippen molar-refractivity contribution in [2.24, 2.45) is 0 Å². The minimum absolute atomic E-state index is 0.240. The summed E-state index contributed by atoms with van der Waals surface area (Å²) >= 11 is 12.1. The summed E-state index contributed by atoms with van der Waals surface area (Å²) in [5.41, 5.74) is 3.63. The van der Waals surface area contributed by atoms with Crippen LogP contribution in [0.4, 0.5) is 5.69 Å². The van der Waals surface area contributed by atoms with Gasteiger partial charge in [-0.15, -0.1) is 5.10 Å². The van der Waals surface area contributed by atoms with E-state index in [0.29, 0.717) is 21.3 Å². The lowest BCUT2D eigenvalue weighted by Gasteiger charge is -2.09. The van der Waals surface area contributed by atoms with E-state index in [9.17, 15) is 4.79 Å². The van der Waals surface area contributed by atoms with Crippen LogP contribution in [-0.2, 0) is 0 Å². The van der Waals surface area contributed by atoms with E-state index in [4.69, 9.17) is 23.2 Å². The number of para-hydroxylation sites is 1. The molecular formula is C21H14Cl2N4O. The summed E-state index contributed by atoms with van der Waals surface area (Å²) in [5, 5.41) is 12.1. The Morgan fingerprint density at radius 3 is 2.32 bits per heavy atom. The molecule has 0 atom stereocenters. The first-order chi connectivity index (χ1) is 13.6. The number of nitrogens with one attached hydrogen (secondary N) is 1. The molecule has 0 aliphatic heterocycles. The first kappa shape index (κ1) is 18.2. The Morgan fingerprint density at radius 1 is 0.893 bits per heavy atom. The van der Waals surface area contributed by atoms with Crippen molar-refractivity contribution in [1.29, 1.82) is 0 Å². The van der Waals surface area contributed by atoms with Crippen molar-refractivity contribution in [3.63, 3.8) is 0 Å². The van der Waals surface area contributed by atoms with Gasteiger partial charge in [0.15, 0.2) is 0 Å². The molecule has 0 unspecified atom stereocenters. The van der Waals surface area contributed by atoms with Crippen molar-refractivity contribution in [1.82, 2.24) is 15.0 Å². The van der Waals surface area contributed by atoms with E-state index >= 15 is 0 Å². The minimum Gasteiger partial charge on any atom is -0.321 e. The smallest absolute Gasteiger partial charge is 0.255 e. The highest BCUT2D eigenvalue weighted by molar-refractivity contribution is 6.33. The Kier molecular flexibility index (Phi) is 5.10. The van der Waals surface area contributed by atoms with E-state index in [0.717, 1.165) is 16.9 Å². The molecule has 1 heterocycles. The second-order valence-corrected chi connectivity index (χ2v) is 6.86. The van der Waals surface area contributed by atoms with Gasteiger partial charge in [0.25, 0.3) is 5.91 Å². The van der Waals surface area contributed by atoms with Crippen LogP contribution in [0, 0.1) is 0 Å². The normalized spacial score (nSPS) is 10.6. The molecule has 0 bridgehead atoms. The Balaban J connectivity index is 1.58. The van der Waals surface area contributed by atoms with Crippen LogP contribution in [0.5, 0.6) is 0 Å². The van der Waals surface area contributed by atoms with E-state index in [-0.39, 0.29) is 5.91 Å². The molecule has 0 fully saturated rings. The second-order valence-electron chi connectivity index (χ2n) is 6.02. The second kappa shape index (κ2) is 7.84. The Hall–Kier alpha value is -3.15. The van der Waals surface area contributed by atoms with Gasteiger partial charge in [-0.2, -0.15) is 0 Å². The molecule has 0 aliphatic rings. The lowest BCUT2D eigenvalue weighted by molar-refractivity contribution is 0.102. The molecule has 5 nitrogen and oxygen atoms in total. The van der Waals surface area contributed by atoms with E-state index < -0.39 is 0 Å². The maximum atomic E-state index is 12.5. The molecule has 0 radical (unpaired) electrons. The number of carbonyl (C=O) groups excluding carboxylic acids is 1. The summed E-state index contributed by atoms with van der Waals surface area (Å²) < 4.78 is 1.71. The summed E-state index contributed by atoms with van der Waals surface area (Å²) in [5.74, 6) is -0.240. The summed E-state index contributed by atoms with van der Waals surface area (Å²) in [4.78, 5) is 12.5. The highest BCUT2D eigenvalue weighted by atomic mass is 35.5. The molecular weight excluding hydrogens is 395 g/mol. The first-order valence-corrected chi connectivity index (χ1v) is 9.20. The number of benzene rings is 3. The lowest BCUT2D eigenvalue weighted by atomic mass is 10.1. The number of carbonyl (C=O) groups is 1. The van der Waals surface area contributed by atoms with Gasteiger partial charge in [-0.05, 0) is 48.5 Å². The van der Waals surface area contributed by atoms with Gasteiger partial charge in [0.05, 0.1) is 28.3 Å². The fourth-order valence-corrected chi connectivity index (χ4v) is 3.06. The molecule has 4 aromatic rings. The van der Waals surface area contributed by atoms with Gasteiger partial charge in [0, 0.05) is 16.1 Å². The van der Waals surface area contributed by atoms with E-state index in [1.165, 1.54) is 0 Å². The van der Waals surface area contributed by atoms with E-state index in [2.05, 4.69) is 15.6 Å². The molecule has 1 amide bonds. The molecule has 0 saturated heterocycles. The summed E-state index contributed by atoms with van der Waals surface area (Å²) in [6.45, 7) is 0. The van der Waals surface area contributed by atoms with Crippen molar-refractivity contribution in [2.75, 3.05) is 5.32 Å². The van der Waals surface area contributed by atoms with Crippen molar-refractivity contribution >= 4 is 34.8 Å². The first-order valence-electron chi connectivity index (χ1n) is 8.45. The number of anilines is 1. The Morgan fingerprint density at radius 2 is 1.61 bits per heavy atom. The van der Waals surface area contributed by atoms with Gasteiger partial charge in [-0.1, -0.05) is 52.7 Å². The van der Waals surface area contributed by atoms with Crippen LogP contribution in [-0.4, -0.2) is 20.9 Å². The molecule has 7 heteroatoms. The predicted molar refractivity (Wildman–Crippen MR) is 111 cm³/mol. The number of nitrogens with zero attached hydrogens (tertiary/aromatic N) is 3. The van der Waals surface area contributed by atoms with Crippen LogP contribution in [0.25, 0.3) is 16.9 Å². The average Bonchev–Trinajstić information content (AvgIpc) is 3.20. The van der Waals surface area contributed by atoms with Crippen LogP contribution in [0.15, 0.2) is 79.0 Å². The van der Waals surface area contributed by atoms with Gasteiger partial charge >= 0.3 is 0 Å². The molecule has 28 heavy (non-hydrogen) atoms. The number of rotatable bonds is 4. The van der Waals surface area contributed by atoms with Crippen LogP contribution >= 0.6 is 23.2 Å². The van der Waals surface area contributed by atoms with E-state index in [1.807, 2.05) is 48.5 Å². The van der Waals surface area contributed by atoms with Crippen molar-refractivity contribution in [2.45, 2.75) is 0 Å². The molecule has 3 aromatic carbocycles. The Bertz CT molecular complexity index is 1120. The third-order valence-corrected chi connectivity index (χ3v) is 4.77. The standard InChI is InChI=1S/C21H14Cl2N4O/c22-16-9-5-14(6-10-16)20-13-24-26-27(20)17-11-7-15(8-12-17)21(28)25-19-4-2-1-3-18(19)23/h1-13H,(H,25,28). The summed E-state index contributed by atoms with van der Waals surface area (Å²) in [6, 6.07) is 21.6. The quantitative estimate of drug-likeness (QED) is 0.485. The predicted octanol–water partition coefficient (Wildman–Crippen LogP) is 5.49. The SMILES string of the molecule is O=C(Nc1ccccc1Cl)c1ccc(-n2nncc2-c2ccc(Cl)cc2)cc1. The zero-order valence-electron chi connectivity index (χ0n) is 14.5. The van der Waals surface area contributed by atoms with Gasteiger partial charge in [-0.3, -0.25) is 4.79 Å². The number of hydrogen-bond acceptors (Lipinski definition) is 3. The maximum Gasteiger partial charge on any atom is 0.255 e. The number of halogens is 2. The van der Waals surface area contributed by atoms with Crippen LogP contribution in [0.3, 0.4) is 0 Å². The maximum absolute atomic E-state index is 12.5. The van der Waals surface area contributed by atoms with Crippen LogP contribution < -0.4 is 5.32 Å². The number of hydrogen-bond donors (Lipinski definition) is 1. The molecule has 4 rings (SSSR count). The highest BCUT2D eigenvalue weighted by Crippen LogP contribution is 2.24. The number of aromatic nitrogens is 3. The van der Waals surface area contributed by atoms with Crippen LogP contribution in [0.2, 0.25) is 10.0 Å². The fraction of sp³-hybridized carbons (Fsp3) is 0. The zero-order chi connectivity index (χ0) is 19.5. The molecule has 0 aliphatic carbocycles. The largest absolute Gasteiger partial charge is 0.321 e. The average molecular weight is 409 g/mol.